The largest absolute Gasteiger partial charge is 0.323 e. The first kappa shape index (κ1) is 18.9. The molecule has 3 aromatic rings. The number of nitrogens with zero attached hydrogens (tertiary/aromatic N) is 4. The molecule has 3 rings (SSSR count). The summed E-state index contributed by atoms with van der Waals surface area (Å²) >= 11 is 6.38. The van der Waals surface area contributed by atoms with Crippen molar-refractivity contribution in [2.75, 3.05) is 0 Å². The fourth-order valence-electron chi connectivity index (χ4n) is 2.77. The highest BCUT2D eigenvalue weighted by Gasteiger charge is 2.13. The molecule has 0 saturated carbocycles. The van der Waals surface area contributed by atoms with Crippen molar-refractivity contribution in [2.24, 2.45) is 5.10 Å². The van der Waals surface area contributed by atoms with Gasteiger partial charge in [-0.25, -0.2) is 5.43 Å². The number of aromatic nitrogens is 3. The van der Waals surface area contributed by atoms with Crippen molar-refractivity contribution in [3.05, 3.63) is 70.8 Å². The van der Waals surface area contributed by atoms with Crippen molar-refractivity contribution < 1.29 is 4.79 Å². The molecule has 0 aliphatic rings. The molecule has 0 unspecified atom stereocenters. The molecule has 0 aliphatic heterocycles. The Bertz CT molecular complexity index is 943. The van der Waals surface area contributed by atoms with E-state index in [-0.39, 0.29) is 5.91 Å². The number of halogens is 1. The third kappa shape index (κ3) is 4.28. The van der Waals surface area contributed by atoms with Crippen LogP contribution in [0.4, 0.5) is 0 Å². The predicted molar refractivity (Wildman–Crippen MR) is 108 cm³/mol. The third-order valence-electron chi connectivity index (χ3n) is 4.22. The van der Waals surface area contributed by atoms with E-state index in [4.69, 9.17) is 11.6 Å². The van der Waals surface area contributed by atoms with Crippen LogP contribution in [0.3, 0.4) is 0 Å². The molecule has 0 radical (unpaired) electrons. The summed E-state index contributed by atoms with van der Waals surface area (Å²) in [5, 5.41) is 9.05. The first-order valence-electron chi connectivity index (χ1n) is 8.90. The van der Waals surface area contributed by atoms with E-state index in [0.29, 0.717) is 16.3 Å². The lowest BCUT2D eigenvalue weighted by Gasteiger charge is -2.08. The van der Waals surface area contributed by atoms with Gasteiger partial charge in [0.05, 0.1) is 28.7 Å². The summed E-state index contributed by atoms with van der Waals surface area (Å²) in [6.45, 7) is 4.76. The van der Waals surface area contributed by atoms with Crippen LogP contribution < -0.4 is 5.43 Å². The summed E-state index contributed by atoms with van der Waals surface area (Å²) in [7, 11) is 0. The lowest BCUT2D eigenvalue weighted by Crippen LogP contribution is -2.19. The lowest BCUT2D eigenvalue weighted by atomic mass is 10.1. The summed E-state index contributed by atoms with van der Waals surface area (Å²) in [5.41, 5.74) is 5.40. The number of benzene rings is 1. The number of carbonyl (C=O) groups is 1. The molecule has 1 N–H and O–H groups in total. The molecule has 2 aromatic heterocycles. The number of amides is 1. The SMILES string of the molecule is CCCCn1nc(C)c(/C=N\NC(=O)c2ccccc2-n2cccc2)c1Cl. The topological polar surface area (TPSA) is 64.2 Å². The molecular formula is C20H22ClN5O. The summed E-state index contributed by atoms with van der Waals surface area (Å²) in [4.78, 5) is 12.6. The second-order valence-electron chi connectivity index (χ2n) is 6.17. The number of para-hydroxylation sites is 1. The van der Waals surface area contributed by atoms with Crippen LogP contribution in [0.25, 0.3) is 5.69 Å². The Morgan fingerprint density at radius 2 is 2.00 bits per heavy atom. The van der Waals surface area contributed by atoms with Crippen molar-refractivity contribution in [1.29, 1.82) is 0 Å². The van der Waals surface area contributed by atoms with E-state index in [1.165, 1.54) is 0 Å². The monoisotopic (exact) mass is 383 g/mol. The van der Waals surface area contributed by atoms with E-state index in [0.717, 1.165) is 30.8 Å². The van der Waals surface area contributed by atoms with Crippen LogP contribution in [0.15, 0.2) is 53.9 Å². The number of hydrazone groups is 1. The zero-order chi connectivity index (χ0) is 19.2. The highest BCUT2D eigenvalue weighted by atomic mass is 35.5. The Morgan fingerprint density at radius 1 is 1.26 bits per heavy atom. The van der Waals surface area contributed by atoms with Crippen LogP contribution in [0, 0.1) is 6.92 Å². The van der Waals surface area contributed by atoms with E-state index >= 15 is 0 Å². The predicted octanol–water partition coefficient (Wildman–Crippen LogP) is 4.20. The number of hydrogen-bond acceptors (Lipinski definition) is 3. The van der Waals surface area contributed by atoms with Crippen molar-refractivity contribution >= 4 is 23.7 Å². The quantitative estimate of drug-likeness (QED) is 0.491. The van der Waals surface area contributed by atoms with E-state index in [2.05, 4.69) is 22.5 Å². The van der Waals surface area contributed by atoms with Gasteiger partial charge in [-0.1, -0.05) is 37.1 Å². The van der Waals surface area contributed by atoms with Crippen LogP contribution >= 0.6 is 11.6 Å². The maximum atomic E-state index is 12.6. The molecule has 0 fully saturated rings. The van der Waals surface area contributed by atoms with E-state index in [1.54, 1.807) is 17.0 Å². The number of nitrogens with one attached hydrogen (secondary N) is 1. The van der Waals surface area contributed by atoms with Gasteiger partial charge in [0.25, 0.3) is 5.91 Å². The van der Waals surface area contributed by atoms with Gasteiger partial charge >= 0.3 is 0 Å². The van der Waals surface area contributed by atoms with Crippen molar-refractivity contribution in [3.8, 4) is 5.69 Å². The Labute approximate surface area is 163 Å². The zero-order valence-electron chi connectivity index (χ0n) is 15.4. The Balaban J connectivity index is 1.75. The van der Waals surface area contributed by atoms with Crippen LogP contribution in [-0.4, -0.2) is 26.5 Å². The Hall–Kier alpha value is -2.86. The zero-order valence-corrected chi connectivity index (χ0v) is 16.1. The summed E-state index contributed by atoms with van der Waals surface area (Å²) < 4.78 is 3.66. The molecule has 0 aliphatic carbocycles. The normalized spacial score (nSPS) is 11.2. The van der Waals surface area contributed by atoms with Crippen LogP contribution in [0.1, 0.15) is 41.4 Å². The summed E-state index contributed by atoms with van der Waals surface area (Å²) in [5.74, 6) is -0.289. The molecule has 0 spiro atoms. The van der Waals surface area contributed by atoms with Gasteiger partial charge in [0.2, 0.25) is 0 Å². The maximum Gasteiger partial charge on any atom is 0.273 e. The molecule has 1 aromatic carbocycles. The minimum absolute atomic E-state index is 0.289. The first-order chi connectivity index (χ1) is 13.1. The molecule has 0 bridgehead atoms. The molecule has 0 saturated heterocycles. The first-order valence-corrected chi connectivity index (χ1v) is 9.28. The fourth-order valence-corrected chi connectivity index (χ4v) is 3.08. The van der Waals surface area contributed by atoms with Gasteiger partial charge in [0.15, 0.2) is 0 Å². The minimum atomic E-state index is -0.289. The van der Waals surface area contributed by atoms with Gasteiger partial charge in [0.1, 0.15) is 5.15 Å². The molecule has 6 nitrogen and oxygen atoms in total. The lowest BCUT2D eigenvalue weighted by molar-refractivity contribution is 0.0955. The highest BCUT2D eigenvalue weighted by Crippen LogP contribution is 2.18. The smallest absolute Gasteiger partial charge is 0.273 e. The van der Waals surface area contributed by atoms with Crippen LogP contribution in [0.2, 0.25) is 5.15 Å². The van der Waals surface area contributed by atoms with E-state index in [1.807, 2.05) is 54.2 Å². The van der Waals surface area contributed by atoms with Crippen LogP contribution in [-0.2, 0) is 6.54 Å². The fraction of sp³-hybridized carbons (Fsp3) is 0.250. The standard InChI is InChI=1S/C20H22ClN5O/c1-3-4-13-26-19(21)17(15(2)24-26)14-22-23-20(27)16-9-5-6-10-18(16)25-11-7-8-12-25/h5-12,14H,3-4,13H2,1-2H3,(H,23,27)/b22-14-. The highest BCUT2D eigenvalue weighted by molar-refractivity contribution is 6.32. The second kappa shape index (κ2) is 8.68. The van der Waals surface area contributed by atoms with Gasteiger partial charge < -0.3 is 4.57 Å². The van der Waals surface area contributed by atoms with Crippen molar-refractivity contribution in [1.82, 2.24) is 19.8 Å². The van der Waals surface area contributed by atoms with E-state index in [9.17, 15) is 4.79 Å². The molecule has 0 atom stereocenters. The van der Waals surface area contributed by atoms with Gasteiger partial charge in [-0.05, 0) is 37.6 Å². The van der Waals surface area contributed by atoms with Gasteiger partial charge in [-0.3, -0.25) is 9.48 Å². The van der Waals surface area contributed by atoms with E-state index < -0.39 is 0 Å². The summed E-state index contributed by atoms with van der Waals surface area (Å²) in [6, 6.07) is 11.2. The molecule has 27 heavy (non-hydrogen) atoms. The van der Waals surface area contributed by atoms with Gasteiger partial charge in [0, 0.05) is 18.9 Å². The Morgan fingerprint density at radius 3 is 2.74 bits per heavy atom. The molecule has 2 heterocycles. The number of rotatable bonds is 7. The average molecular weight is 384 g/mol. The molecule has 1 amide bonds. The van der Waals surface area contributed by atoms with Crippen molar-refractivity contribution in [3.63, 3.8) is 0 Å². The maximum absolute atomic E-state index is 12.6. The Kier molecular flexibility index (Phi) is 6.08. The minimum Gasteiger partial charge on any atom is -0.323 e. The number of hydrogen-bond donors (Lipinski definition) is 1. The average Bonchev–Trinajstić information content (AvgIpc) is 3.30. The van der Waals surface area contributed by atoms with Gasteiger partial charge in [-0.15, -0.1) is 0 Å². The summed E-state index contributed by atoms with van der Waals surface area (Å²) in [6.07, 6.45) is 7.40. The molecule has 140 valence electrons. The van der Waals surface area contributed by atoms with Gasteiger partial charge in [-0.2, -0.15) is 10.2 Å². The second-order valence-corrected chi connectivity index (χ2v) is 6.53. The number of aryl methyl sites for hydroxylation is 2. The van der Waals surface area contributed by atoms with Crippen molar-refractivity contribution in [2.45, 2.75) is 33.2 Å². The number of carbonyl (C=O) groups excluding carboxylic acids is 1. The molecule has 7 heteroatoms. The number of unbranched alkanes of at least 4 members (excludes halogenated alkanes) is 1. The molecular weight excluding hydrogens is 362 g/mol. The van der Waals surface area contributed by atoms with Crippen LogP contribution in [0.5, 0.6) is 0 Å². The third-order valence-corrected chi connectivity index (χ3v) is 4.62.